The summed E-state index contributed by atoms with van der Waals surface area (Å²) in [5.74, 6) is 0.884. The van der Waals surface area contributed by atoms with E-state index in [1.54, 1.807) is 0 Å². The number of nitrogens with zero attached hydrogens (tertiary/aromatic N) is 4. The van der Waals surface area contributed by atoms with Crippen LogP contribution in [0.2, 0.25) is 0 Å². The van der Waals surface area contributed by atoms with Gasteiger partial charge in [0, 0.05) is 55.3 Å². The average Bonchev–Trinajstić information content (AvgIpc) is 4.08. The fraction of sp³-hybridized carbons (Fsp3) is 0. The summed E-state index contributed by atoms with van der Waals surface area (Å²) >= 11 is 0. The molecular formula is C65H44N4Si. The van der Waals surface area contributed by atoms with Crippen molar-refractivity contribution in [3.8, 4) is 28.3 Å². The third-order valence-electron chi connectivity index (χ3n) is 14.7. The van der Waals surface area contributed by atoms with Crippen LogP contribution >= 0.6 is 0 Å². The molecule has 0 N–H and O–H groups in total. The Labute approximate surface area is 406 Å². The molecule has 14 aromatic rings. The third kappa shape index (κ3) is 5.98. The van der Waals surface area contributed by atoms with E-state index in [1.807, 2.05) is 0 Å². The SMILES string of the molecule is c1ccc([Si](c2ccccc2)(c2ccccc2)c2ccc(-n3c4ccccc4c4cc(-n5c6ccccc6c6ccccc65)ccc43)c(-c3ccc(-n4c5ccccc5c5ccccc54)nc3)c2)cc1. The van der Waals surface area contributed by atoms with E-state index in [2.05, 4.69) is 281 Å². The second-order valence-corrected chi connectivity index (χ2v) is 22.1. The van der Waals surface area contributed by atoms with Crippen LogP contribution in [-0.2, 0) is 0 Å². The summed E-state index contributed by atoms with van der Waals surface area (Å²) in [4.78, 5) is 5.36. The molecule has 4 heterocycles. The predicted octanol–water partition coefficient (Wildman–Crippen LogP) is 13.4. The van der Waals surface area contributed by atoms with E-state index >= 15 is 0 Å². The van der Waals surface area contributed by atoms with Crippen molar-refractivity contribution in [2.45, 2.75) is 0 Å². The van der Waals surface area contributed by atoms with Gasteiger partial charge in [0.05, 0.1) is 38.8 Å². The van der Waals surface area contributed by atoms with Gasteiger partial charge in [0.1, 0.15) is 5.82 Å². The van der Waals surface area contributed by atoms with Crippen LogP contribution in [-0.4, -0.2) is 26.8 Å². The van der Waals surface area contributed by atoms with Crippen molar-refractivity contribution in [1.82, 2.24) is 18.7 Å². The standard InChI is InChI=1S/C65H44N4Si/c1-4-20-47(21-5-1)70(48-22-6-2-7-23-48,49-24-8-3-9-25-49)50-38-40-63(56(43-50)45-36-41-65(66-44-45)69-61-34-18-12-28-53(61)54-29-13-19-35-62(54)69)68-60-33-17-14-30-55(60)57-42-46(37-39-64(57)68)67-58-31-15-10-26-51(58)52-27-11-16-32-59(52)67/h1-44H. The van der Waals surface area contributed by atoms with E-state index in [0.29, 0.717) is 0 Å². The third-order valence-corrected chi connectivity index (χ3v) is 19.4. The first kappa shape index (κ1) is 40.1. The van der Waals surface area contributed by atoms with Gasteiger partial charge in [-0.3, -0.25) is 4.57 Å². The van der Waals surface area contributed by atoms with Gasteiger partial charge in [-0.1, -0.05) is 194 Å². The molecule has 0 atom stereocenters. The minimum absolute atomic E-state index is 0.884. The second kappa shape index (κ2) is 16.1. The van der Waals surface area contributed by atoms with Crippen molar-refractivity contribution >= 4 is 94.2 Å². The van der Waals surface area contributed by atoms with Gasteiger partial charge in [-0.25, -0.2) is 4.98 Å². The summed E-state index contributed by atoms with van der Waals surface area (Å²) in [6.07, 6.45) is 2.09. The van der Waals surface area contributed by atoms with Gasteiger partial charge < -0.3 is 9.13 Å². The van der Waals surface area contributed by atoms with Crippen LogP contribution in [0.3, 0.4) is 0 Å². The Morgan fingerprint density at radius 3 is 1.17 bits per heavy atom. The first-order valence-electron chi connectivity index (χ1n) is 24.0. The van der Waals surface area contributed by atoms with Crippen LogP contribution < -0.4 is 20.7 Å². The number of rotatable bonds is 8. The van der Waals surface area contributed by atoms with Crippen molar-refractivity contribution < 1.29 is 0 Å². The van der Waals surface area contributed by atoms with Crippen LogP contribution in [0.5, 0.6) is 0 Å². The Morgan fingerprint density at radius 1 is 0.286 bits per heavy atom. The van der Waals surface area contributed by atoms with Gasteiger partial charge in [0.25, 0.3) is 0 Å². The van der Waals surface area contributed by atoms with Crippen molar-refractivity contribution in [2.24, 2.45) is 0 Å². The molecule has 0 amide bonds. The average molecular weight is 909 g/mol. The van der Waals surface area contributed by atoms with Crippen molar-refractivity contribution in [1.29, 1.82) is 0 Å². The maximum atomic E-state index is 5.36. The highest BCUT2D eigenvalue weighted by atomic mass is 28.3. The number of benzene rings is 10. The molecule has 0 aliphatic rings. The molecule has 4 nitrogen and oxygen atoms in total. The quantitative estimate of drug-likeness (QED) is 0.110. The lowest BCUT2D eigenvalue weighted by Crippen LogP contribution is -2.74. The minimum Gasteiger partial charge on any atom is -0.309 e. The molecule has 0 saturated carbocycles. The van der Waals surface area contributed by atoms with E-state index in [-0.39, 0.29) is 0 Å². The second-order valence-electron chi connectivity index (χ2n) is 18.3. The number of hydrogen-bond acceptors (Lipinski definition) is 1. The van der Waals surface area contributed by atoms with Gasteiger partial charge in [0.2, 0.25) is 0 Å². The molecular weight excluding hydrogens is 865 g/mol. The van der Waals surface area contributed by atoms with Crippen LogP contribution in [0, 0.1) is 0 Å². The zero-order chi connectivity index (χ0) is 46.2. The van der Waals surface area contributed by atoms with Crippen molar-refractivity contribution in [2.75, 3.05) is 0 Å². The molecule has 0 spiro atoms. The number of hydrogen-bond donors (Lipinski definition) is 0. The Kier molecular flexibility index (Phi) is 9.19. The van der Waals surface area contributed by atoms with Crippen molar-refractivity contribution in [3.63, 3.8) is 0 Å². The van der Waals surface area contributed by atoms with Gasteiger partial charge >= 0.3 is 0 Å². The van der Waals surface area contributed by atoms with E-state index in [1.165, 1.54) is 64.1 Å². The van der Waals surface area contributed by atoms with Crippen molar-refractivity contribution in [3.05, 3.63) is 267 Å². The fourth-order valence-electron chi connectivity index (χ4n) is 11.7. The Morgan fingerprint density at radius 2 is 0.700 bits per heavy atom. The Hall–Kier alpha value is -9.03. The zero-order valence-corrected chi connectivity index (χ0v) is 39.2. The highest BCUT2D eigenvalue weighted by molar-refractivity contribution is 7.20. The van der Waals surface area contributed by atoms with Crippen LogP contribution in [0.4, 0.5) is 0 Å². The molecule has 0 radical (unpaired) electrons. The predicted molar refractivity (Wildman–Crippen MR) is 296 cm³/mol. The zero-order valence-electron chi connectivity index (χ0n) is 38.2. The molecule has 0 fully saturated rings. The normalized spacial score (nSPS) is 12.0. The highest BCUT2D eigenvalue weighted by Crippen LogP contribution is 2.40. The molecule has 70 heavy (non-hydrogen) atoms. The number of aromatic nitrogens is 4. The summed E-state index contributed by atoms with van der Waals surface area (Å²) in [7, 11) is -2.91. The topological polar surface area (TPSA) is 27.7 Å². The maximum absolute atomic E-state index is 5.36. The first-order valence-corrected chi connectivity index (χ1v) is 26.0. The van der Waals surface area contributed by atoms with E-state index < -0.39 is 8.07 Å². The van der Waals surface area contributed by atoms with Gasteiger partial charge in [-0.2, -0.15) is 0 Å². The Balaban J connectivity index is 1.04. The number of pyridine rings is 1. The molecule has 0 aliphatic carbocycles. The van der Waals surface area contributed by atoms with E-state index in [0.717, 1.165) is 50.4 Å². The lowest BCUT2D eigenvalue weighted by molar-refractivity contribution is 1.08. The molecule has 10 aromatic carbocycles. The van der Waals surface area contributed by atoms with Gasteiger partial charge in [-0.05, 0) is 87.5 Å². The molecule has 0 aliphatic heterocycles. The molecule has 328 valence electrons. The fourth-order valence-corrected chi connectivity index (χ4v) is 16.4. The summed E-state index contributed by atoms with van der Waals surface area (Å²) < 4.78 is 7.20. The van der Waals surface area contributed by atoms with Crippen LogP contribution in [0.25, 0.3) is 93.7 Å². The molecule has 5 heteroatoms. The monoisotopic (exact) mass is 908 g/mol. The van der Waals surface area contributed by atoms with Gasteiger partial charge in [-0.15, -0.1) is 0 Å². The van der Waals surface area contributed by atoms with E-state index in [4.69, 9.17) is 4.98 Å². The maximum Gasteiger partial charge on any atom is 0.179 e. The summed E-state index contributed by atoms with van der Waals surface area (Å²) in [5.41, 5.74) is 11.4. The Bertz CT molecular complexity index is 4080. The molecule has 4 aromatic heterocycles. The molecule has 0 unspecified atom stereocenters. The number of fused-ring (bicyclic) bond motifs is 9. The summed E-state index contributed by atoms with van der Waals surface area (Å²) in [6.45, 7) is 0. The van der Waals surface area contributed by atoms with E-state index in [9.17, 15) is 0 Å². The lowest BCUT2D eigenvalue weighted by atomic mass is 10.0. The smallest absolute Gasteiger partial charge is 0.179 e. The van der Waals surface area contributed by atoms with Crippen LogP contribution in [0.15, 0.2) is 267 Å². The lowest BCUT2D eigenvalue weighted by Gasteiger charge is -2.35. The molecule has 0 bridgehead atoms. The molecule has 0 saturated heterocycles. The highest BCUT2D eigenvalue weighted by Gasteiger charge is 2.42. The summed E-state index contributed by atoms with van der Waals surface area (Å²) in [5, 5.41) is 12.7. The molecule has 14 rings (SSSR count). The largest absolute Gasteiger partial charge is 0.309 e. The number of para-hydroxylation sites is 5. The summed E-state index contributed by atoms with van der Waals surface area (Å²) in [6, 6.07) is 96.0. The van der Waals surface area contributed by atoms with Gasteiger partial charge in [0.15, 0.2) is 8.07 Å². The van der Waals surface area contributed by atoms with Crippen LogP contribution in [0.1, 0.15) is 0 Å². The first-order chi connectivity index (χ1) is 34.8. The minimum atomic E-state index is -2.91.